The molecule has 2 aliphatic heterocycles. The van der Waals surface area contributed by atoms with E-state index >= 15 is 0 Å². The number of pyridine rings is 1. The van der Waals surface area contributed by atoms with E-state index in [-0.39, 0.29) is 5.91 Å². The Morgan fingerprint density at radius 1 is 1.48 bits per heavy atom. The van der Waals surface area contributed by atoms with Crippen LogP contribution in [0.25, 0.3) is 0 Å². The molecule has 1 aromatic heterocycles. The average Bonchev–Trinajstić information content (AvgIpc) is 2.72. The first-order valence-electron chi connectivity index (χ1n) is 9.05. The number of aromatic nitrogens is 1. The molecule has 2 unspecified atom stereocenters. The summed E-state index contributed by atoms with van der Waals surface area (Å²) in [7, 11) is 1.84. The van der Waals surface area contributed by atoms with Gasteiger partial charge in [-0.25, -0.2) is 4.98 Å². The number of aldehydes is 1. The maximum absolute atomic E-state index is 10.7. The average molecular weight is 377 g/mol. The van der Waals surface area contributed by atoms with Crippen LogP contribution in [0.1, 0.15) is 30.3 Å². The number of rotatable bonds is 6. The number of amides is 2. The lowest BCUT2D eigenvalue weighted by Gasteiger charge is -2.41. The Labute approximate surface area is 158 Å². The van der Waals surface area contributed by atoms with Crippen molar-refractivity contribution in [2.24, 2.45) is 0 Å². The van der Waals surface area contributed by atoms with Crippen LogP contribution in [0.4, 0.5) is 5.69 Å². The normalized spacial score (nSPS) is 18.6. The monoisotopic (exact) mass is 377 g/mol. The largest absolute Gasteiger partial charge is 0.474 e. The summed E-state index contributed by atoms with van der Waals surface area (Å²) in [6, 6.07) is 4.35. The van der Waals surface area contributed by atoms with E-state index in [1.165, 1.54) is 0 Å². The van der Waals surface area contributed by atoms with Crippen LogP contribution in [0.5, 0.6) is 5.88 Å². The highest BCUT2D eigenvalue weighted by atomic mass is 16.5. The number of carbonyl (C=O) groups is 3. The molecule has 2 amide bonds. The molecule has 3 N–H and O–H groups in total. The maximum Gasteiger partial charge on any atom is 0.238 e. The van der Waals surface area contributed by atoms with Gasteiger partial charge in [-0.1, -0.05) is 0 Å². The summed E-state index contributed by atoms with van der Waals surface area (Å²) in [5.41, 5.74) is 1.43. The van der Waals surface area contributed by atoms with E-state index in [0.29, 0.717) is 43.1 Å². The van der Waals surface area contributed by atoms with Gasteiger partial charge in [0.1, 0.15) is 18.0 Å². The molecule has 3 rings (SSSR count). The molecule has 9 heteroatoms. The number of piperazine rings is 1. The summed E-state index contributed by atoms with van der Waals surface area (Å²) >= 11 is 0. The van der Waals surface area contributed by atoms with Crippen molar-refractivity contribution in [3.63, 3.8) is 0 Å². The molecular weight excluding hydrogens is 350 g/mol. The lowest BCUT2D eigenvalue weighted by Crippen LogP contribution is -2.55. The Bertz CT molecular complexity index is 655. The number of nitrogens with one attached hydrogen (secondary N) is 3. The van der Waals surface area contributed by atoms with Gasteiger partial charge in [0.05, 0.1) is 6.04 Å². The zero-order chi connectivity index (χ0) is 19.6. The third-order valence-electron chi connectivity index (χ3n) is 4.57. The molecule has 0 aliphatic carbocycles. The minimum absolute atomic E-state index is 0.220. The minimum Gasteiger partial charge on any atom is -0.474 e. The Balaban J connectivity index is 0.000000211. The number of hydrogen-bond donors (Lipinski definition) is 3. The van der Waals surface area contributed by atoms with Crippen molar-refractivity contribution >= 4 is 24.3 Å². The van der Waals surface area contributed by atoms with Crippen LogP contribution in [0.3, 0.4) is 0 Å². The van der Waals surface area contributed by atoms with E-state index in [1.807, 2.05) is 20.0 Å². The number of nitrogens with zero attached hydrogens (tertiary/aromatic N) is 2. The van der Waals surface area contributed by atoms with Gasteiger partial charge in [0.15, 0.2) is 6.29 Å². The van der Waals surface area contributed by atoms with Gasteiger partial charge in [-0.15, -0.1) is 0 Å². The zero-order valence-corrected chi connectivity index (χ0v) is 15.7. The highest BCUT2D eigenvalue weighted by molar-refractivity contribution is 5.85. The van der Waals surface area contributed by atoms with E-state index in [0.717, 1.165) is 38.0 Å². The topological polar surface area (TPSA) is 113 Å². The molecule has 3 heterocycles. The molecule has 148 valence electrons. The summed E-state index contributed by atoms with van der Waals surface area (Å²) in [6.45, 7) is 5.49. The fourth-order valence-corrected chi connectivity index (χ4v) is 2.87. The molecule has 2 aliphatic rings. The van der Waals surface area contributed by atoms with Crippen LogP contribution in [0.15, 0.2) is 12.1 Å². The molecule has 9 nitrogen and oxygen atoms in total. The summed E-state index contributed by atoms with van der Waals surface area (Å²) in [5, 5.41) is 8.41. The molecule has 0 bridgehead atoms. The number of ether oxygens (including phenoxy) is 1. The smallest absolute Gasteiger partial charge is 0.238 e. The van der Waals surface area contributed by atoms with Crippen molar-refractivity contribution in [1.29, 1.82) is 0 Å². The Morgan fingerprint density at radius 3 is 3.00 bits per heavy atom. The maximum atomic E-state index is 10.7. The molecule has 0 spiro atoms. The van der Waals surface area contributed by atoms with Crippen LogP contribution in [0.2, 0.25) is 0 Å². The van der Waals surface area contributed by atoms with Gasteiger partial charge in [0.2, 0.25) is 18.2 Å². The zero-order valence-electron chi connectivity index (χ0n) is 15.7. The molecule has 0 saturated carbocycles. The third kappa shape index (κ3) is 6.00. The number of fused-ring (bicyclic) bond motifs is 3. The molecule has 1 fully saturated rings. The van der Waals surface area contributed by atoms with Crippen LogP contribution in [-0.4, -0.2) is 69.0 Å². The van der Waals surface area contributed by atoms with Gasteiger partial charge < -0.3 is 20.3 Å². The van der Waals surface area contributed by atoms with Gasteiger partial charge in [0, 0.05) is 32.1 Å². The second-order valence-electron chi connectivity index (χ2n) is 6.45. The van der Waals surface area contributed by atoms with Gasteiger partial charge in [-0.05, 0) is 32.5 Å². The lowest BCUT2D eigenvalue weighted by molar-refractivity contribution is -0.125. The second-order valence-corrected chi connectivity index (χ2v) is 6.45. The van der Waals surface area contributed by atoms with E-state index in [4.69, 9.17) is 4.74 Å². The molecule has 0 aromatic carbocycles. The fourth-order valence-electron chi connectivity index (χ4n) is 2.87. The first-order chi connectivity index (χ1) is 13.1. The van der Waals surface area contributed by atoms with E-state index in [1.54, 1.807) is 6.07 Å². The van der Waals surface area contributed by atoms with Crippen LogP contribution >= 0.6 is 0 Å². The van der Waals surface area contributed by atoms with Crippen LogP contribution in [0, 0.1) is 0 Å². The molecule has 1 saturated heterocycles. The van der Waals surface area contributed by atoms with Crippen molar-refractivity contribution < 1.29 is 19.1 Å². The van der Waals surface area contributed by atoms with Crippen LogP contribution in [-0.2, 0) is 9.59 Å². The Morgan fingerprint density at radius 2 is 2.30 bits per heavy atom. The third-order valence-corrected chi connectivity index (χ3v) is 4.57. The summed E-state index contributed by atoms with van der Waals surface area (Å²) in [4.78, 5) is 37.6. The predicted octanol–water partition coefficient (Wildman–Crippen LogP) is -0.288. The van der Waals surface area contributed by atoms with Crippen LogP contribution < -0.4 is 25.6 Å². The number of anilines is 1. The number of hydrogen-bond acceptors (Lipinski definition) is 8. The van der Waals surface area contributed by atoms with Gasteiger partial charge in [-0.2, -0.15) is 0 Å². The molecular formula is C18H27N5O4. The van der Waals surface area contributed by atoms with E-state index < -0.39 is 0 Å². The van der Waals surface area contributed by atoms with Crippen molar-refractivity contribution in [2.45, 2.75) is 31.8 Å². The fraction of sp³-hybridized carbons (Fsp3) is 0.556. The van der Waals surface area contributed by atoms with E-state index in [9.17, 15) is 14.4 Å². The summed E-state index contributed by atoms with van der Waals surface area (Å²) in [6.07, 6.45) is 2.29. The summed E-state index contributed by atoms with van der Waals surface area (Å²) < 4.78 is 5.58. The quantitative estimate of drug-likeness (QED) is 0.580. The molecule has 2 atom stereocenters. The van der Waals surface area contributed by atoms with E-state index in [2.05, 4.69) is 25.8 Å². The van der Waals surface area contributed by atoms with Gasteiger partial charge >= 0.3 is 0 Å². The highest BCUT2D eigenvalue weighted by Gasteiger charge is 2.30. The standard InChI is InChI=1S/C11H13N3O2.C7H14N2O2/c15-6-8-1-2-10-11(13-8)16-7-9-5-12-3-4-14(9)10;1-6(8-2)3-4-7(11)9-5-10/h1-2,6,9,12H,3-5,7H2;5-6,8H,3-4H2,1-2H3,(H,9,10,11). The SMILES string of the molecule is CNC(C)CCC(=O)NC=O.O=Cc1ccc2c(n1)OCC1CNCCN21. The summed E-state index contributed by atoms with van der Waals surface area (Å²) in [5.74, 6) is 0.366. The van der Waals surface area contributed by atoms with Crippen molar-refractivity contribution in [1.82, 2.24) is 20.9 Å². The second kappa shape index (κ2) is 10.6. The molecule has 0 radical (unpaired) electrons. The first kappa shape index (κ1) is 20.8. The molecule has 27 heavy (non-hydrogen) atoms. The van der Waals surface area contributed by atoms with Crippen molar-refractivity contribution in [3.05, 3.63) is 17.8 Å². The minimum atomic E-state index is -0.220. The highest BCUT2D eigenvalue weighted by Crippen LogP contribution is 2.32. The first-order valence-corrected chi connectivity index (χ1v) is 9.05. The van der Waals surface area contributed by atoms with Gasteiger partial charge in [0.25, 0.3) is 0 Å². The van der Waals surface area contributed by atoms with Crippen molar-refractivity contribution in [2.75, 3.05) is 38.2 Å². The van der Waals surface area contributed by atoms with Gasteiger partial charge in [-0.3, -0.25) is 19.7 Å². The molecule has 1 aromatic rings. The Kier molecular flexibility index (Phi) is 8.15. The number of imide groups is 1. The van der Waals surface area contributed by atoms with Crippen molar-refractivity contribution in [3.8, 4) is 5.88 Å². The predicted molar refractivity (Wildman–Crippen MR) is 101 cm³/mol. The number of carbonyl (C=O) groups excluding carboxylic acids is 3. The Hall–Kier alpha value is -2.52. The lowest BCUT2D eigenvalue weighted by atomic mass is 10.1.